The smallest absolute Gasteiger partial charge is 0.0877 e. The van der Waals surface area contributed by atoms with Gasteiger partial charge in [0.25, 0.3) is 0 Å². The molecule has 4 heteroatoms. The van der Waals surface area contributed by atoms with Crippen LogP contribution in [0.3, 0.4) is 0 Å². The van der Waals surface area contributed by atoms with E-state index in [1.807, 2.05) is 0 Å². The third-order valence-electron chi connectivity index (χ3n) is 3.34. The second kappa shape index (κ2) is 8.86. The molecule has 4 nitrogen and oxygen atoms in total. The van der Waals surface area contributed by atoms with Crippen LogP contribution in [0.1, 0.15) is 34.1 Å². The number of morpholine rings is 1. The van der Waals surface area contributed by atoms with Crippen LogP contribution in [0, 0.1) is 0 Å². The highest BCUT2D eigenvalue weighted by Gasteiger charge is 2.27. The van der Waals surface area contributed by atoms with E-state index in [9.17, 15) is 0 Å². The van der Waals surface area contributed by atoms with Crippen molar-refractivity contribution in [1.29, 1.82) is 0 Å². The van der Waals surface area contributed by atoms with Crippen LogP contribution in [-0.2, 0) is 9.47 Å². The van der Waals surface area contributed by atoms with E-state index in [0.29, 0.717) is 6.04 Å². The van der Waals surface area contributed by atoms with Gasteiger partial charge in [-0.15, -0.1) is 0 Å². The minimum atomic E-state index is 0.254. The number of nitrogens with one attached hydrogen (secondary N) is 1. The molecule has 0 aromatic carbocycles. The zero-order valence-electron chi connectivity index (χ0n) is 12.4. The fourth-order valence-electron chi connectivity index (χ4n) is 2.19. The number of hydrogen-bond acceptors (Lipinski definition) is 4. The molecule has 2 atom stereocenters. The van der Waals surface area contributed by atoms with Crippen molar-refractivity contribution in [3.8, 4) is 0 Å². The molecule has 0 amide bonds. The molecule has 1 fully saturated rings. The van der Waals surface area contributed by atoms with E-state index in [4.69, 9.17) is 9.47 Å². The third kappa shape index (κ3) is 5.65. The first-order valence-corrected chi connectivity index (χ1v) is 7.36. The van der Waals surface area contributed by atoms with Crippen LogP contribution in [0.2, 0.25) is 0 Å². The number of nitrogens with zero attached hydrogens (tertiary/aromatic N) is 1. The van der Waals surface area contributed by atoms with Crippen molar-refractivity contribution in [1.82, 2.24) is 10.2 Å². The normalized spacial score (nSPS) is 23.5. The largest absolute Gasteiger partial charge is 0.377 e. The Bertz CT molecular complexity index is 212. The van der Waals surface area contributed by atoms with E-state index < -0.39 is 0 Å². The summed E-state index contributed by atoms with van der Waals surface area (Å²) in [5.41, 5.74) is 0. The topological polar surface area (TPSA) is 33.7 Å². The van der Waals surface area contributed by atoms with E-state index in [1.54, 1.807) is 0 Å². The monoisotopic (exact) mass is 258 g/mol. The van der Waals surface area contributed by atoms with Gasteiger partial charge in [-0.05, 0) is 33.4 Å². The minimum absolute atomic E-state index is 0.254. The zero-order chi connectivity index (χ0) is 13.4. The molecule has 0 aliphatic carbocycles. The van der Waals surface area contributed by atoms with Gasteiger partial charge in [-0.1, -0.05) is 13.8 Å². The summed E-state index contributed by atoms with van der Waals surface area (Å²) >= 11 is 0. The van der Waals surface area contributed by atoms with Gasteiger partial charge in [0.1, 0.15) is 0 Å². The van der Waals surface area contributed by atoms with Gasteiger partial charge in [-0.3, -0.25) is 4.90 Å². The van der Waals surface area contributed by atoms with E-state index in [2.05, 4.69) is 37.9 Å². The van der Waals surface area contributed by atoms with Crippen molar-refractivity contribution in [3.05, 3.63) is 0 Å². The maximum absolute atomic E-state index is 5.92. The van der Waals surface area contributed by atoms with Crippen molar-refractivity contribution in [3.63, 3.8) is 0 Å². The molecule has 0 spiro atoms. The summed E-state index contributed by atoms with van der Waals surface area (Å²) in [6.07, 6.45) is 1.67. The molecule has 1 heterocycles. The van der Waals surface area contributed by atoms with Gasteiger partial charge in [0.2, 0.25) is 0 Å². The second-order valence-corrected chi connectivity index (χ2v) is 5.25. The fourth-order valence-corrected chi connectivity index (χ4v) is 2.19. The molecular formula is C14H30N2O2. The minimum Gasteiger partial charge on any atom is -0.377 e. The highest BCUT2D eigenvalue weighted by molar-refractivity contribution is 4.83. The zero-order valence-corrected chi connectivity index (χ0v) is 12.4. The van der Waals surface area contributed by atoms with Gasteiger partial charge >= 0.3 is 0 Å². The predicted molar refractivity (Wildman–Crippen MR) is 75.0 cm³/mol. The van der Waals surface area contributed by atoms with Crippen LogP contribution in [0.5, 0.6) is 0 Å². The molecule has 1 aliphatic heterocycles. The lowest BCUT2D eigenvalue weighted by Crippen LogP contribution is -2.54. The molecule has 0 aromatic heterocycles. The number of rotatable bonds is 8. The summed E-state index contributed by atoms with van der Waals surface area (Å²) in [4.78, 5) is 2.45. The van der Waals surface area contributed by atoms with Gasteiger partial charge in [-0.2, -0.15) is 0 Å². The molecule has 0 saturated carbocycles. The van der Waals surface area contributed by atoms with Crippen LogP contribution < -0.4 is 5.32 Å². The Morgan fingerprint density at radius 2 is 2.17 bits per heavy atom. The van der Waals surface area contributed by atoms with Crippen LogP contribution in [0.25, 0.3) is 0 Å². The van der Waals surface area contributed by atoms with Crippen LogP contribution in [-0.4, -0.2) is 62.5 Å². The molecule has 18 heavy (non-hydrogen) atoms. The predicted octanol–water partition coefficient (Wildman–Crippen LogP) is 1.50. The third-order valence-corrected chi connectivity index (χ3v) is 3.34. The first kappa shape index (κ1) is 15.9. The van der Waals surface area contributed by atoms with E-state index >= 15 is 0 Å². The van der Waals surface area contributed by atoms with Crippen molar-refractivity contribution in [2.45, 2.75) is 52.4 Å². The van der Waals surface area contributed by atoms with Crippen LogP contribution in [0.4, 0.5) is 0 Å². The lowest BCUT2D eigenvalue weighted by Gasteiger charge is -2.37. The van der Waals surface area contributed by atoms with Crippen molar-refractivity contribution in [2.24, 2.45) is 0 Å². The fraction of sp³-hybridized carbons (Fsp3) is 1.00. The molecule has 0 bridgehead atoms. The quantitative estimate of drug-likeness (QED) is 0.715. The van der Waals surface area contributed by atoms with Crippen molar-refractivity contribution < 1.29 is 9.47 Å². The summed E-state index contributed by atoms with van der Waals surface area (Å²) < 4.78 is 11.7. The van der Waals surface area contributed by atoms with Gasteiger partial charge in [0.15, 0.2) is 0 Å². The highest BCUT2D eigenvalue weighted by atomic mass is 16.5. The average Bonchev–Trinajstić information content (AvgIpc) is 2.38. The summed E-state index contributed by atoms with van der Waals surface area (Å²) in [6.45, 7) is 14.3. The molecule has 2 unspecified atom stereocenters. The summed E-state index contributed by atoms with van der Waals surface area (Å²) in [5, 5.41) is 3.56. The Hall–Kier alpha value is -0.160. The molecule has 1 saturated heterocycles. The summed E-state index contributed by atoms with van der Waals surface area (Å²) in [7, 11) is 0. The Morgan fingerprint density at radius 1 is 1.39 bits per heavy atom. The van der Waals surface area contributed by atoms with Crippen LogP contribution in [0.15, 0.2) is 0 Å². The molecule has 1 aliphatic rings. The van der Waals surface area contributed by atoms with Crippen LogP contribution >= 0.6 is 0 Å². The Labute approximate surface area is 112 Å². The maximum Gasteiger partial charge on any atom is 0.0877 e. The summed E-state index contributed by atoms with van der Waals surface area (Å²) in [6, 6.07) is 0.307. The van der Waals surface area contributed by atoms with E-state index in [0.717, 1.165) is 45.8 Å². The van der Waals surface area contributed by atoms with E-state index in [-0.39, 0.29) is 12.2 Å². The number of likely N-dealkylation sites (N-methyl/N-ethyl adjacent to an activating group) is 1. The molecular weight excluding hydrogens is 228 g/mol. The van der Waals surface area contributed by atoms with E-state index in [1.165, 1.54) is 0 Å². The Balaban J connectivity index is 2.45. The lowest BCUT2D eigenvalue weighted by atomic mass is 10.1. The SMILES string of the molecule is CCCNC(COC(C)C)C1CN(CC)CCO1. The van der Waals surface area contributed by atoms with Gasteiger partial charge in [-0.25, -0.2) is 0 Å². The van der Waals surface area contributed by atoms with Crippen molar-refractivity contribution in [2.75, 3.05) is 39.4 Å². The lowest BCUT2D eigenvalue weighted by molar-refractivity contribution is -0.0655. The van der Waals surface area contributed by atoms with Gasteiger partial charge in [0, 0.05) is 13.1 Å². The standard InChI is InChI=1S/C14H30N2O2/c1-5-7-15-13(11-18-12(3)4)14-10-16(6-2)8-9-17-14/h12-15H,5-11H2,1-4H3. The van der Waals surface area contributed by atoms with Gasteiger partial charge < -0.3 is 14.8 Å². The number of ether oxygens (including phenoxy) is 2. The number of hydrogen-bond donors (Lipinski definition) is 1. The molecule has 0 radical (unpaired) electrons. The molecule has 1 rings (SSSR count). The molecule has 108 valence electrons. The average molecular weight is 258 g/mol. The van der Waals surface area contributed by atoms with Crippen molar-refractivity contribution >= 4 is 0 Å². The maximum atomic E-state index is 5.92. The summed E-state index contributed by atoms with van der Waals surface area (Å²) in [5.74, 6) is 0. The highest BCUT2D eigenvalue weighted by Crippen LogP contribution is 2.10. The Morgan fingerprint density at radius 3 is 2.78 bits per heavy atom. The molecule has 1 N–H and O–H groups in total. The van der Waals surface area contributed by atoms with Gasteiger partial charge in [0.05, 0.1) is 31.5 Å². The first-order chi connectivity index (χ1) is 8.67. The first-order valence-electron chi connectivity index (χ1n) is 7.36. The Kier molecular flexibility index (Phi) is 7.82. The second-order valence-electron chi connectivity index (χ2n) is 5.25. The molecule has 0 aromatic rings.